The number of aromatic nitrogens is 2. The molecule has 126 valence electrons. The standard InChI is InChI=1S/C15H11F3N2O4/c16-15(17,18)24-12-4-2-1-3-11(12)20-13(21)9(14(22)23)7-10(19-20)8-5-6-8/h1-4,7-8H,5-6H2,(H,22,23). The SMILES string of the molecule is O=C(O)c1cc(C2CC2)nn(-c2ccccc2OC(F)(F)F)c1=O. The molecule has 1 aromatic carbocycles. The zero-order valence-electron chi connectivity index (χ0n) is 12.1. The van der Waals surface area contributed by atoms with Gasteiger partial charge < -0.3 is 9.84 Å². The lowest BCUT2D eigenvalue weighted by atomic mass is 10.2. The Hall–Kier alpha value is -2.84. The summed E-state index contributed by atoms with van der Waals surface area (Å²) in [5.41, 5.74) is -1.49. The zero-order chi connectivity index (χ0) is 17.5. The van der Waals surface area contributed by atoms with Crippen molar-refractivity contribution in [1.29, 1.82) is 0 Å². The lowest BCUT2D eigenvalue weighted by Gasteiger charge is -2.14. The van der Waals surface area contributed by atoms with Gasteiger partial charge in [0.25, 0.3) is 5.56 Å². The van der Waals surface area contributed by atoms with Gasteiger partial charge in [0, 0.05) is 5.92 Å². The van der Waals surface area contributed by atoms with E-state index in [9.17, 15) is 22.8 Å². The third-order valence-corrected chi connectivity index (χ3v) is 3.48. The van der Waals surface area contributed by atoms with Gasteiger partial charge in [0.2, 0.25) is 0 Å². The molecule has 9 heteroatoms. The van der Waals surface area contributed by atoms with Crippen molar-refractivity contribution in [2.45, 2.75) is 25.1 Å². The molecule has 1 aliphatic rings. The molecule has 0 amide bonds. The summed E-state index contributed by atoms with van der Waals surface area (Å²) in [6, 6.07) is 6.11. The van der Waals surface area contributed by atoms with Gasteiger partial charge in [-0.2, -0.15) is 9.78 Å². The van der Waals surface area contributed by atoms with Gasteiger partial charge in [0.15, 0.2) is 5.75 Å². The molecule has 24 heavy (non-hydrogen) atoms. The van der Waals surface area contributed by atoms with Crippen LogP contribution in [-0.4, -0.2) is 27.2 Å². The lowest BCUT2D eigenvalue weighted by Crippen LogP contribution is -2.29. The van der Waals surface area contributed by atoms with Crippen LogP contribution in [0.3, 0.4) is 0 Å². The summed E-state index contributed by atoms with van der Waals surface area (Å²) < 4.78 is 42.2. The Morgan fingerprint density at radius 3 is 2.54 bits per heavy atom. The highest BCUT2D eigenvalue weighted by molar-refractivity contribution is 5.87. The van der Waals surface area contributed by atoms with Crippen LogP contribution in [0.4, 0.5) is 13.2 Å². The molecule has 1 aliphatic carbocycles. The molecule has 0 spiro atoms. The predicted molar refractivity (Wildman–Crippen MR) is 75.5 cm³/mol. The highest BCUT2D eigenvalue weighted by atomic mass is 19.4. The van der Waals surface area contributed by atoms with E-state index in [0.717, 1.165) is 18.9 Å². The van der Waals surface area contributed by atoms with E-state index < -0.39 is 29.2 Å². The molecule has 0 atom stereocenters. The highest BCUT2D eigenvalue weighted by Gasteiger charge is 2.33. The van der Waals surface area contributed by atoms with Crippen molar-refractivity contribution >= 4 is 5.97 Å². The third-order valence-electron chi connectivity index (χ3n) is 3.48. The van der Waals surface area contributed by atoms with Gasteiger partial charge in [-0.25, -0.2) is 4.79 Å². The predicted octanol–water partition coefficient (Wildman–Crippen LogP) is 2.71. The fourth-order valence-electron chi connectivity index (χ4n) is 2.25. The Kier molecular flexibility index (Phi) is 3.78. The number of carbonyl (C=O) groups is 1. The van der Waals surface area contributed by atoms with Crippen LogP contribution in [0.2, 0.25) is 0 Å². The molecule has 0 aliphatic heterocycles. The van der Waals surface area contributed by atoms with E-state index in [1.165, 1.54) is 24.3 Å². The first-order chi connectivity index (χ1) is 11.3. The fraction of sp³-hybridized carbons (Fsp3) is 0.267. The Morgan fingerprint density at radius 2 is 1.96 bits per heavy atom. The van der Waals surface area contributed by atoms with E-state index in [0.29, 0.717) is 10.4 Å². The molecule has 3 rings (SSSR count). The number of hydrogen-bond donors (Lipinski definition) is 1. The number of aromatic carboxylic acids is 1. The molecule has 0 unspecified atom stereocenters. The zero-order valence-corrected chi connectivity index (χ0v) is 12.1. The molecule has 1 fully saturated rings. The fourth-order valence-corrected chi connectivity index (χ4v) is 2.25. The number of carboxylic acid groups (broad SMARTS) is 1. The number of hydrogen-bond acceptors (Lipinski definition) is 4. The van der Waals surface area contributed by atoms with Gasteiger partial charge in [-0.15, -0.1) is 13.2 Å². The molecule has 1 saturated carbocycles. The van der Waals surface area contributed by atoms with Crippen LogP contribution in [0.15, 0.2) is 35.1 Å². The Morgan fingerprint density at radius 1 is 1.29 bits per heavy atom. The first kappa shape index (κ1) is 16.0. The van der Waals surface area contributed by atoms with Gasteiger partial charge in [0.1, 0.15) is 11.3 Å². The van der Waals surface area contributed by atoms with Crippen LogP contribution in [0, 0.1) is 0 Å². The summed E-state index contributed by atoms with van der Waals surface area (Å²) in [5, 5.41) is 13.2. The number of nitrogens with zero attached hydrogens (tertiary/aromatic N) is 2. The number of benzene rings is 1. The van der Waals surface area contributed by atoms with E-state index in [4.69, 9.17) is 5.11 Å². The summed E-state index contributed by atoms with van der Waals surface area (Å²) in [4.78, 5) is 23.6. The monoisotopic (exact) mass is 340 g/mol. The number of carboxylic acids is 1. The van der Waals surface area contributed by atoms with Crippen LogP contribution in [-0.2, 0) is 0 Å². The van der Waals surface area contributed by atoms with Gasteiger partial charge in [-0.3, -0.25) is 4.79 Å². The molecular formula is C15H11F3N2O4. The van der Waals surface area contributed by atoms with Crippen molar-refractivity contribution in [2.24, 2.45) is 0 Å². The third kappa shape index (κ3) is 3.24. The van der Waals surface area contributed by atoms with Crippen LogP contribution >= 0.6 is 0 Å². The second-order valence-corrected chi connectivity index (χ2v) is 5.29. The molecular weight excluding hydrogens is 329 g/mol. The van der Waals surface area contributed by atoms with Crippen molar-refractivity contribution in [2.75, 3.05) is 0 Å². The summed E-state index contributed by atoms with van der Waals surface area (Å²) in [6.07, 6.45) is -3.39. The maximum atomic E-state index is 12.5. The summed E-state index contributed by atoms with van der Waals surface area (Å²) in [5.74, 6) is -2.10. The first-order valence-electron chi connectivity index (χ1n) is 6.99. The molecule has 1 heterocycles. The Labute approximate surface area is 133 Å². The minimum absolute atomic E-state index is 0.00523. The Balaban J connectivity index is 2.19. The van der Waals surface area contributed by atoms with Crippen molar-refractivity contribution in [3.8, 4) is 11.4 Å². The first-order valence-corrected chi connectivity index (χ1v) is 6.99. The topological polar surface area (TPSA) is 81.4 Å². The summed E-state index contributed by atoms with van der Waals surface area (Å²) in [7, 11) is 0. The summed E-state index contributed by atoms with van der Waals surface area (Å²) >= 11 is 0. The number of rotatable bonds is 4. The van der Waals surface area contributed by atoms with E-state index in [1.54, 1.807) is 0 Å². The number of halogens is 3. The van der Waals surface area contributed by atoms with Crippen molar-refractivity contribution in [3.63, 3.8) is 0 Å². The van der Waals surface area contributed by atoms with Crippen LogP contribution in [0.1, 0.15) is 34.8 Å². The number of alkyl halides is 3. The lowest BCUT2D eigenvalue weighted by molar-refractivity contribution is -0.274. The van der Waals surface area contributed by atoms with Crippen LogP contribution in [0.5, 0.6) is 5.75 Å². The molecule has 0 radical (unpaired) electrons. The van der Waals surface area contributed by atoms with Gasteiger partial charge in [-0.1, -0.05) is 12.1 Å². The smallest absolute Gasteiger partial charge is 0.477 e. The van der Waals surface area contributed by atoms with Crippen molar-refractivity contribution in [3.05, 3.63) is 51.9 Å². The highest BCUT2D eigenvalue weighted by Crippen LogP contribution is 2.39. The summed E-state index contributed by atoms with van der Waals surface area (Å²) in [6.45, 7) is 0. The molecule has 0 bridgehead atoms. The quantitative estimate of drug-likeness (QED) is 0.925. The van der Waals surface area contributed by atoms with Crippen molar-refractivity contribution in [1.82, 2.24) is 9.78 Å². The minimum Gasteiger partial charge on any atom is -0.477 e. The van der Waals surface area contributed by atoms with Gasteiger partial charge in [-0.05, 0) is 31.0 Å². The van der Waals surface area contributed by atoms with Crippen molar-refractivity contribution < 1.29 is 27.8 Å². The van der Waals surface area contributed by atoms with Crippen LogP contribution < -0.4 is 10.3 Å². The Bertz CT molecular complexity index is 857. The maximum absolute atomic E-state index is 12.5. The second kappa shape index (κ2) is 5.66. The largest absolute Gasteiger partial charge is 0.573 e. The average Bonchev–Trinajstić information content (AvgIpc) is 3.31. The maximum Gasteiger partial charge on any atom is 0.573 e. The molecule has 6 nitrogen and oxygen atoms in total. The normalized spacial score (nSPS) is 14.5. The van der Waals surface area contributed by atoms with E-state index >= 15 is 0 Å². The van der Waals surface area contributed by atoms with Gasteiger partial charge in [0.05, 0.1) is 5.69 Å². The van der Waals surface area contributed by atoms with E-state index in [-0.39, 0.29) is 11.6 Å². The van der Waals surface area contributed by atoms with Gasteiger partial charge >= 0.3 is 12.3 Å². The molecule has 1 aromatic heterocycles. The minimum atomic E-state index is -4.95. The van der Waals surface area contributed by atoms with E-state index in [2.05, 4.69) is 9.84 Å². The van der Waals surface area contributed by atoms with Crippen LogP contribution in [0.25, 0.3) is 5.69 Å². The van der Waals surface area contributed by atoms with E-state index in [1.807, 2.05) is 0 Å². The second-order valence-electron chi connectivity index (χ2n) is 5.29. The molecule has 1 N–H and O–H groups in total. The molecule has 0 saturated heterocycles. The average molecular weight is 340 g/mol. The molecule has 2 aromatic rings. The number of para-hydroxylation sites is 2. The number of ether oxygens (including phenoxy) is 1.